The number of hydrogen-bond acceptors (Lipinski definition) is 2. The smallest absolute Gasteiger partial charge is 0.124 e. The summed E-state index contributed by atoms with van der Waals surface area (Å²) in [4.78, 5) is 2.51. The highest BCUT2D eigenvalue weighted by atomic mass is 79.9. The van der Waals surface area contributed by atoms with Crippen LogP contribution in [0.5, 0.6) is 0 Å². The Hall–Kier alpha value is -0.450. The molecule has 0 bridgehead atoms. The first kappa shape index (κ1) is 14.9. The maximum Gasteiger partial charge on any atom is 0.124 e. The predicted molar refractivity (Wildman–Crippen MR) is 80.7 cm³/mol. The summed E-state index contributed by atoms with van der Waals surface area (Å²) in [5.41, 5.74) is 1.20. The lowest BCUT2D eigenvalue weighted by molar-refractivity contribution is 0.182. The fraction of sp³-hybridized carbons (Fsp3) is 0.600. The summed E-state index contributed by atoms with van der Waals surface area (Å²) < 4.78 is 14.2. The Kier molecular flexibility index (Phi) is 4.98. The van der Waals surface area contributed by atoms with E-state index in [0.717, 1.165) is 17.6 Å². The monoisotopic (exact) mass is 328 g/mol. The highest BCUT2D eigenvalue weighted by molar-refractivity contribution is 9.10. The van der Waals surface area contributed by atoms with Gasteiger partial charge in [0.15, 0.2) is 0 Å². The molecule has 106 valence electrons. The molecule has 0 saturated carbocycles. The van der Waals surface area contributed by atoms with Gasteiger partial charge < -0.3 is 5.32 Å². The van der Waals surface area contributed by atoms with E-state index in [9.17, 15) is 4.39 Å². The summed E-state index contributed by atoms with van der Waals surface area (Å²) in [6.07, 6.45) is 1.19. The van der Waals surface area contributed by atoms with Gasteiger partial charge in [-0.25, -0.2) is 4.39 Å². The van der Waals surface area contributed by atoms with Gasteiger partial charge in [-0.05, 0) is 64.0 Å². The van der Waals surface area contributed by atoms with Crippen molar-refractivity contribution in [1.82, 2.24) is 10.2 Å². The van der Waals surface area contributed by atoms with Crippen LogP contribution in [0.15, 0.2) is 22.7 Å². The van der Waals surface area contributed by atoms with E-state index >= 15 is 0 Å². The molecule has 2 unspecified atom stereocenters. The minimum Gasteiger partial charge on any atom is -0.319 e. The zero-order valence-electron chi connectivity index (χ0n) is 11.8. The van der Waals surface area contributed by atoms with E-state index in [0.29, 0.717) is 18.0 Å². The van der Waals surface area contributed by atoms with E-state index in [1.54, 1.807) is 12.1 Å². The number of benzene rings is 1. The molecule has 19 heavy (non-hydrogen) atoms. The van der Waals surface area contributed by atoms with Crippen molar-refractivity contribution < 1.29 is 4.39 Å². The molecule has 1 aliphatic heterocycles. The van der Waals surface area contributed by atoms with Crippen LogP contribution in [-0.4, -0.2) is 31.1 Å². The van der Waals surface area contributed by atoms with Gasteiger partial charge in [-0.1, -0.05) is 22.0 Å². The molecule has 1 saturated heterocycles. The molecule has 1 N–H and O–H groups in total. The van der Waals surface area contributed by atoms with Crippen LogP contribution in [0.1, 0.15) is 31.9 Å². The molecule has 1 aromatic rings. The van der Waals surface area contributed by atoms with Crippen molar-refractivity contribution in [2.45, 2.75) is 32.4 Å². The summed E-state index contributed by atoms with van der Waals surface area (Å²) in [5, 5.41) is 3.28. The molecular weight excluding hydrogens is 307 g/mol. The first-order valence-corrected chi connectivity index (χ1v) is 7.69. The van der Waals surface area contributed by atoms with Crippen LogP contribution in [0, 0.1) is 11.7 Å². The van der Waals surface area contributed by atoms with E-state index in [4.69, 9.17) is 0 Å². The molecule has 1 heterocycles. The molecule has 0 aromatic heterocycles. The fourth-order valence-corrected chi connectivity index (χ4v) is 3.70. The van der Waals surface area contributed by atoms with Crippen LogP contribution in [0.25, 0.3) is 0 Å². The first-order chi connectivity index (χ1) is 9.04. The third-order valence-electron chi connectivity index (χ3n) is 3.97. The van der Waals surface area contributed by atoms with Crippen molar-refractivity contribution in [3.05, 3.63) is 34.1 Å². The third-order valence-corrected chi connectivity index (χ3v) is 4.66. The highest BCUT2D eigenvalue weighted by Crippen LogP contribution is 2.41. The SMILES string of the molecule is CNCC1CCN(C(C)C)C1c1ccc(F)cc1Br. The fourth-order valence-electron chi connectivity index (χ4n) is 3.11. The second-order valence-corrected chi connectivity index (χ2v) is 6.40. The Bertz CT molecular complexity index is 436. The average Bonchev–Trinajstić information content (AvgIpc) is 2.73. The van der Waals surface area contributed by atoms with E-state index < -0.39 is 0 Å². The van der Waals surface area contributed by atoms with Crippen molar-refractivity contribution >= 4 is 15.9 Å². The molecular formula is C15H22BrFN2. The van der Waals surface area contributed by atoms with Gasteiger partial charge in [-0.2, -0.15) is 0 Å². The van der Waals surface area contributed by atoms with Crippen molar-refractivity contribution in [3.8, 4) is 0 Å². The van der Waals surface area contributed by atoms with E-state index in [2.05, 4.69) is 40.0 Å². The Morgan fingerprint density at radius 2 is 2.21 bits per heavy atom. The number of nitrogens with one attached hydrogen (secondary N) is 1. The summed E-state index contributed by atoms with van der Waals surface area (Å²) in [5.74, 6) is 0.393. The standard InChI is InChI=1S/C15H22BrFN2/c1-10(2)19-7-6-11(9-18-3)15(19)13-5-4-12(17)8-14(13)16/h4-5,8,10-11,15,18H,6-7,9H2,1-3H3. The lowest BCUT2D eigenvalue weighted by Crippen LogP contribution is -2.34. The summed E-state index contributed by atoms with van der Waals surface area (Å²) in [7, 11) is 1.99. The van der Waals surface area contributed by atoms with Crippen molar-refractivity contribution in [2.24, 2.45) is 5.92 Å². The number of halogens is 2. The quantitative estimate of drug-likeness (QED) is 0.908. The number of rotatable bonds is 4. The van der Waals surface area contributed by atoms with Crippen molar-refractivity contribution in [1.29, 1.82) is 0 Å². The average molecular weight is 329 g/mol. The molecule has 2 rings (SSSR count). The van der Waals surface area contributed by atoms with Crippen LogP contribution in [-0.2, 0) is 0 Å². The van der Waals surface area contributed by atoms with E-state index in [1.165, 1.54) is 12.0 Å². The zero-order valence-corrected chi connectivity index (χ0v) is 13.4. The van der Waals surface area contributed by atoms with Crippen LogP contribution in [0.4, 0.5) is 4.39 Å². The Labute approximate surface area is 123 Å². The number of hydrogen-bond donors (Lipinski definition) is 1. The van der Waals surface area contributed by atoms with Gasteiger partial charge >= 0.3 is 0 Å². The van der Waals surface area contributed by atoms with Crippen LogP contribution in [0.2, 0.25) is 0 Å². The van der Waals surface area contributed by atoms with E-state index in [1.807, 2.05) is 13.1 Å². The molecule has 0 amide bonds. The molecule has 1 fully saturated rings. The van der Waals surface area contributed by atoms with Gasteiger partial charge in [0, 0.05) is 16.6 Å². The maximum atomic E-state index is 13.3. The second-order valence-electron chi connectivity index (χ2n) is 5.55. The van der Waals surface area contributed by atoms with Gasteiger partial charge in [0.2, 0.25) is 0 Å². The molecule has 2 nitrogen and oxygen atoms in total. The topological polar surface area (TPSA) is 15.3 Å². The lowest BCUT2D eigenvalue weighted by Gasteiger charge is -2.32. The van der Waals surface area contributed by atoms with Crippen LogP contribution < -0.4 is 5.32 Å². The number of likely N-dealkylation sites (tertiary alicyclic amines) is 1. The van der Waals surface area contributed by atoms with E-state index in [-0.39, 0.29) is 5.82 Å². The minimum atomic E-state index is -0.185. The predicted octanol–water partition coefficient (Wildman–Crippen LogP) is 3.58. The largest absolute Gasteiger partial charge is 0.319 e. The normalized spacial score (nSPS) is 24.3. The molecule has 0 aliphatic carbocycles. The van der Waals surface area contributed by atoms with Gasteiger partial charge in [0.1, 0.15) is 5.82 Å². The zero-order chi connectivity index (χ0) is 14.0. The molecule has 0 radical (unpaired) electrons. The lowest BCUT2D eigenvalue weighted by atomic mass is 9.93. The minimum absolute atomic E-state index is 0.185. The Morgan fingerprint density at radius 1 is 1.47 bits per heavy atom. The van der Waals surface area contributed by atoms with Crippen LogP contribution >= 0.6 is 15.9 Å². The number of nitrogens with zero attached hydrogens (tertiary/aromatic N) is 1. The van der Waals surface area contributed by atoms with Gasteiger partial charge in [0.05, 0.1) is 0 Å². The molecule has 2 atom stereocenters. The summed E-state index contributed by atoms with van der Waals surface area (Å²) in [6.45, 7) is 6.56. The van der Waals surface area contributed by atoms with Gasteiger partial charge in [-0.3, -0.25) is 4.90 Å². The van der Waals surface area contributed by atoms with Crippen LogP contribution in [0.3, 0.4) is 0 Å². The molecule has 0 spiro atoms. The van der Waals surface area contributed by atoms with Gasteiger partial charge in [0.25, 0.3) is 0 Å². The Morgan fingerprint density at radius 3 is 2.79 bits per heavy atom. The second kappa shape index (κ2) is 6.33. The molecule has 4 heteroatoms. The summed E-state index contributed by atoms with van der Waals surface area (Å²) >= 11 is 3.53. The molecule has 1 aromatic carbocycles. The Balaban J connectivity index is 2.34. The van der Waals surface area contributed by atoms with Gasteiger partial charge in [-0.15, -0.1) is 0 Å². The maximum absolute atomic E-state index is 13.3. The van der Waals surface area contributed by atoms with Crippen molar-refractivity contribution in [3.63, 3.8) is 0 Å². The highest BCUT2D eigenvalue weighted by Gasteiger charge is 2.36. The van der Waals surface area contributed by atoms with Crippen molar-refractivity contribution in [2.75, 3.05) is 20.1 Å². The first-order valence-electron chi connectivity index (χ1n) is 6.90. The third kappa shape index (κ3) is 3.18. The summed E-state index contributed by atoms with van der Waals surface area (Å²) in [6, 6.07) is 5.93. The molecule has 1 aliphatic rings.